The average molecular weight is 421 g/mol. The molecule has 1 aromatic rings. The Morgan fingerprint density at radius 1 is 1.17 bits per heavy atom. The molecule has 1 saturated heterocycles. The van der Waals surface area contributed by atoms with Gasteiger partial charge < -0.3 is 15.1 Å². The lowest BCUT2D eigenvalue weighted by molar-refractivity contribution is -0.136. The number of amides is 5. The minimum Gasteiger partial charge on any atom is -0.345 e. The maximum absolute atomic E-state index is 13.0. The summed E-state index contributed by atoms with van der Waals surface area (Å²) in [6.45, 7) is -0.397. The normalized spacial score (nSPS) is 18.3. The molecule has 1 aliphatic heterocycles. The van der Waals surface area contributed by atoms with E-state index in [1.807, 2.05) is 0 Å². The summed E-state index contributed by atoms with van der Waals surface area (Å²) in [5.74, 6) is -1.10. The van der Waals surface area contributed by atoms with Gasteiger partial charge in [-0.2, -0.15) is 0 Å². The molecule has 1 saturated carbocycles. The van der Waals surface area contributed by atoms with Crippen LogP contribution < -0.4 is 5.32 Å². The number of carbonyl (C=O) groups is 4. The van der Waals surface area contributed by atoms with E-state index in [1.165, 1.54) is 21.9 Å². The predicted molar refractivity (Wildman–Crippen MR) is 109 cm³/mol. The molecule has 156 valence electrons. The molecule has 0 radical (unpaired) electrons. The summed E-state index contributed by atoms with van der Waals surface area (Å²) in [5, 5.41) is 2.87. The molecule has 9 heteroatoms. The largest absolute Gasteiger partial charge is 0.345 e. The number of benzene rings is 1. The standard InChI is InChI=1S/C20H25ClN4O4/c1-23(2)17(27)13-7-8-14(21)15(11-13)22-16(26)12-25-18(28)20(24(3)19(25)29)9-5-4-6-10-20/h7-8,11H,4-6,9-10,12H2,1-3H3,(H,22,26). The van der Waals surface area contributed by atoms with Crippen LogP contribution in [0.25, 0.3) is 0 Å². The first-order valence-corrected chi connectivity index (χ1v) is 9.96. The zero-order valence-electron chi connectivity index (χ0n) is 16.8. The highest BCUT2D eigenvalue weighted by Gasteiger charge is 2.55. The number of hydrogen-bond donors (Lipinski definition) is 1. The van der Waals surface area contributed by atoms with Crippen molar-refractivity contribution in [2.45, 2.75) is 37.6 Å². The molecule has 1 spiro atoms. The number of rotatable bonds is 4. The second-order valence-electron chi connectivity index (χ2n) is 7.77. The van der Waals surface area contributed by atoms with Crippen molar-refractivity contribution in [3.8, 4) is 0 Å². The van der Waals surface area contributed by atoms with Crippen LogP contribution in [-0.4, -0.2) is 71.7 Å². The number of halogens is 1. The molecule has 8 nitrogen and oxygen atoms in total. The summed E-state index contributed by atoms with van der Waals surface area (Å²) in [5.41, 5.74) is -0.209. The molecular weight excluding hydrogens is 396 g/mol. The fourth-order valence-corrected chi connectivity index (χ4v) is 4.18. The molecule has 0 unspecified atom stereocenters. The molecule has 0 aromatic heterocycles. The number of likely N-dealkylation sites (N-methyl/N-ethyl adjacent to an activating group) is 1. The maximum atomic E-state index is 13.0. The van der Waals surface area contributed by atoms with E-state index in [1.54, 1.807) is 27.2 Å². The number of carbonyl (C=O) groups excluding carboxylic acids is 4. The lowest BCUT2D eigenvalue weighted by Crippen LogP contribution is -2.49. The zero-order chi connectivity index (χ0) is 21.3. The summed E-state index contributed by atoms with van der Waals surface area (Å²) >= 11 is 6.14. The van der Waals surface area contributed by atoms with Crippen molar-refractivity contribution in [3.63, 3.8) is 0 Å². The van der Waals surface area contributed by atoms with Crippen molar-refractivity contribution in [3.05, 3.63) is 28.8 Å². The SMILES string of the molecule is CN(C)C(=O)c1ccc(Cl)c(NC(=O)CN2C(=O)N(C)C3(CCCCC3)C2=O)c1. The van der Waals surface area contributed by atoms with E-state index >= 15 is 0 Å². The van der Waals surface area contributed by atoms with E-state index in [2.05, 4.69) is 5.32 Å². The van der Waals surface area contributed by atoms with Crippen LogP contribution in [0.15, 0.2) is 18.2 Å². The van der Waals surface area contributed by atoms with Crippen LogP contribution in [0, 0.1) is 0 Å². The quantitative estimate of drug-likeness (QED) is 0.758. The molecule has 1 N–H and O–H groups in total. The van der Waals surface area contributed by atoms with Crippen LogP contribution in [0.5, 0.6) is 0 Å². The molecule has 0 atom stereocenters. The fourth-order valence-electron chi connectivity index (χ4n) is 4.02. The Morgan fingerprint density at radius 3 is 2.45 bits per heavy atom. The van der Waals surface area contributed by atoms with Gasteiger partial charge in [0.05, 0.1) is 10.7 Å². The first-order chi connectivity index (χ1) is 13.7. The molecule has 0 bridgehead atoms. The van der Waals surface area contributed by atoms with Crippen LogP contribution in [0.3, 0.4) is 0 Å². The van der Waals surface area contributed by atoms with Gasteiger partial charge in [-0.15, -0.1) is 0 Å². The highest BCUT2D eigenvalue weighted by Crippen LogP contribution is 2.39. The van der Waals surface area contributed by atoms with Crippen LogP contribution in [0.2, 0.25) is 5.02 Å². The summed E-state index contributed by atoms with van der Waals surface area (Å²) in [6.07, 6.45) is 4.04. The van der Waals surface area contributed by atoms with Gasteiger partial charge in [0, 0.05) is 26.7 Å². The van der Waals surface area contributed by atoms with Crippen molar-refractivity contribution in [2.75, 3.05) is 33.0 Å². The first-order valence-electron chi connectivity index (χ1n) is 9.58. The van der Waals surface area contributed by atoms with E-state index < -0.39 is 24.0 Å². The molecule has 5 amide bonds. The van der Waals surface area contributed by atoms with Crippen molar-refractivity contribution in [1.82, 2.24) is 14.7 Å². The zero-order valence-corrected chi connectivity index (χ0v) is 17.6. The van der Waals surface area contributed by atoms with Crippen LogP contribution in [0.4, 0.5) is 10.5 Å². The van der Waals surface area contributed by atoms with Crippen molar-refractivity contribution < 1.29 is 19.2 Å². The van der Waals surface area contributed by atoms with Crippen LogP contribution in [-0.2, 0) is 9.59 Å². The number of urea groups is 1. The Labute approximate surface area is 174 Å². The average Bonchev–Trinajstić information content (AvgIpc) is 2.86. The van der Waals surface area contributed by atoms with Crippen LogP contribution in [0.1, 0.15) is 42.5 Å². The van der Waals surface area contributed by atoms with Gasteiger partial charge in [0.15, 0.2) is 0 Å². The van der Waals surface area contributed by atoms with Gasteiger partial charge in [-0.05, 0) is 31.0 Å². The number of hydrogen-bond acceptors (Lipinski definition) is 4. The molecule has 1 heterocycles. The van der Waals surface area contributed by atoms with Crippen molar-refractivity contribution in [2.24, 2.45) is 0 Å². The third-order valence-corrected chi connectivity index (χ3v) is 6.01. The van der Waals surface area contributed by atoms with Crippen LogP contribution >= 0.6 is 11.6 Å². The lowest BCUT2D eigenvalue weighted by atomic mass is 9.81. The van der Waals surface area contributed by atoms with E-state index in [0.29, 0.717) is 18.4 Å². The summed E-state index contributed by atoms with van der Waals surface area (Å²) < 4.78 is 0. The summed E-state index contributed by atoms with van der Waals surface area (Å²) in [6, 6.07) is 4.10. The number of nitrogens with zero attached hydrogens (tertiary/aromatic N) is 3. The second kappa shape index (κ2) is 8.02. The topological polar surface area (TPSA) is 90.0 Å². The molecule has 1 aromatic carbocycles. The first kappa shape index (κ1) is 21.1. The monoisotopic (exact) mass is 420 g/mol. The molecule has 1 aliphatic carbocycles. The second-order valence-corrected chi connectivity index (χ2v) is 8.17. The Bertz CT molecular complexity index is 864. The third-order valence-electron chi connectivity index (χ3n) is 5.68. The van der Waals surface area contributed by atoms with Crippen molar-refractivity contribution >= 4 is 41.0 Å². The Hall–Kier alpha value is -2.61. The van der Waals surface area contributed by atoms with Crippen molar-refractivity contribution in [1.29, 1.82) is 0 Å². The van der Waals surface area contributed by atoms with Gasteiger partial charge in [-0.1, -0.05) is 30.9 Å². The number of anilines is 1. The molecular formula is C20H25ClN4O4. The highest BCUT2D eigenvalue weighted by atomic mass is 35.5. The van der Waals surface area contributed by atoms with E-state index in [-0.39, 0.29) is 22.5 Å². The van der Waals surface area contributed by atoms with Gasteiger partial charge in [0.25, 0.3) is 11.8 Å². The van der Waals surface area contributed by atoms with E-state index in [9.17, 15) is 19.2 Å². The van der Waals surface area contributed by atoms with E-state index in [4.69, 9.17) is 11.6 Å². The Morgan fingerprint density at radius 2 is 1.83 bits per heavy atom. The fraction of sp³-hybridized carbons (Fsp3) is 0.500. The van der Waals surface area contributed by atoms with Gasteiger partial charge in [-0.3, -0.25) is 19.3 Å². The molecule has 2 fully saturated rings. The van der Waals surface area contributed by atoms with Gasteiger partial charge in [-0.25, -0.2) is 4.79 Å². The molecule has 3 rings (SSSR count). The minimum atomic E-state index is -0.828. The molecule has 2 aliphatic rings. The smallest absolute Gasteiger partial charge is 0.327 e. The number of nitrogens with one attached hydrogen (secondary N) is 1. The Balaban J connectivity index is 1.74. The predicted octanol–water partition coefficient (Wildman–Crippen LogP) is 2.58. The Kier molecular flexibility index (Phi) is 5.84. The minimum absolute atomic E-state index is 0.233. The van der Waals surface area contributed by atoms with Gasteiger partial charge >= 0.3 is 6.03 Å². The van der Waals surface area contributed by atoms with Gasteiger partial charge in [0.2, 0.25) is 5.91 Å². The van der Waals surface area contributed by atoms with Gasteiger partial charge in [0.1, 0.15) is 12.1 Å². The lowest BCUT2D eigenvalue weighted by Gasteiger charge is -2.35. The number of imide groups is 1. The van der Waals surface area contributed by atoms with E-state index in [0.717, 1.165) is 24.2 Å². The highest BCUT2D eigenvalue weighted by molar-refractivity contribution is 6.34. The summed E-state index contributed by atoms with van der Waals surface area (Å²) in [7, 11) is 4.87. The third kappa shape index (κ3) is 3.81. The summed E-state index contributed by atoms with van der Waals surface area (Å²) in [4.78, 5) is 54.2. The maximum Gasteiger partial charge on any atom is 0.327 e. The molecule has 29 heavy (non-hydrogen) atoms.